The van der Waals surface area contributed by atoms with Crippen molar-refractivity contribution in [1.29, 1.82) is 0 Å². The van der Waals surface area contributed by atoms with Gasteiger partial charge in [-0.1, -0.05) is 76.6 Å². The first-order valence-corrected chi connectivity index (χ1v) is 9.73. The number of halogens is 1. The molecule has 0 amide bonds. The molecule has 2 nitrogen and oxygen atoms in total. The molecule has 0 aromatic heterocycles. The van der Waals surface area contributed by atoms with E-state index >= 15 is 0 Å². The lowest BCUT2D eigenvalue weighted by Gasteiger charge is -2.10. The van der Waals surface area contributed by atoms with Gasteiger partial charge in [0.2, 0.25) is 0 Å². The molecule has 0 unspecified atom stereocenters. The summed E-state index contributed by atoms with van der Waals surface area (Å²) in [7, 11) is -3.55. The van der Waals surface area contributed by atoms with Gasteiger partial charge in [-0.15, -0.1) is 0 Å². The fourth-order valence-corrected chi connectivity index (χ4v) is 4.06. The first-order chi connectivity index (χ1) is 11.6. The van der Waals surface area contributed by atoms with Gasteiger partial charge >= 0.3 is 0 Å². The van der Waals surface area contributed by atoms with E-state index in [0.717, 1.165) is 15.6 Å². The first kappa shape index (κ1) is 16.7. The van der Waals surface area contributed by atoms with Crippen LogP contribution in [0.1, 0.15) is 11.1 Å². The van der Waals surface area contributed by atoms with E-state index in [1.807, 2.05) is 54.6 Å². The molecule has 120 valence electrons. The van der Waals surface area contributed by atoms with Crippen LogP contribution in [0.5, 0.6) is 0 Å². The third-order valence-electron chi connectivity index (χ3n) is 3.57. The standard InChI is InChI=1S/C20H15BrO2S/c21-18-11-7-10-17(14-18)20(16-8-3-1-4-9-16)15-24(22,23)19-12-5-2-6-13-19/h1-15H/b20-15+. The minimum atomic E-state index is -3.55. The molecule has 0 saturated carbocycles. The van der Waals surface area contributed by atoms with Crippen molar-refractivity contribution in [2.24, 2.45) is 0 Å². The maximum absolute atomic E-state index is 12.8. The average molecular weight is 399 g/mol. The molecule has 3 aromatic rings. The average Bonchev–Trinajstić information content (AvgIpc) is 2.61. The molecule has 0 spiro atoms. The molecule has 0 aliphatic rings. The Bertz CT molecular complexity index is 963. The summed E-state index contributed by atoms with van der Waals surface area (Å²) in [6.45, 7) is 0. The minimum Gasteiger partial charge on any atom is -0.219 e. The number of hydrogen-bond donors (Lipinski definition) is 0. The van der Waals surface area contributed by atoms with Gasteiger partial charge in [0, 0.05) is 15.5 Å². The van der Waals surface area contributed by atoms with Crippen molar-refractivity contribution in [2.75, 3.05) is 0 Å². The molecule has 0 N–H and O–H groups in total. The zero-order valence-corrected chi connectivity index (χ0v) is 15.2. The van der Waals surface area contributed by atoms with Gasteiger partial charge in [0.15, 0.2) is 9.84 Å². The molecule has 24 heavy (non-hydrogen) atoms. The van der Waals surface area contributed by atoms with E-state index in [0.29, 0.717) is 5.57 Å². The molecule has 3 aromatic carbocycles. The zero-order chi connectivity index (χ0) is 17.0. The summed E-state index contributed by atoms with van der Waals surface area (Å²) < 4.78 is 26.5. The monoisotopic (exact) mass is 398 g/mol. The van der Waals surface area contributed by atoms with Gasteiger partial charge in [-0.05, 0) is 35.4 Å². The molecule has 0 saturated heterocycles. The van der Waals surface area contributed by atoms with Crippen LogP contribution in [0, 0.1) is 0 Å². The predicted molar refractivity (Wildman–Crippen MR) is 101 cm³/mol. The van der Waals surface area contributed by atoms with Gasteiger partial charge in [0.05, 0.1) is 4.90 Å². The Morgan fingerprint density at radius 3 is 1.96 bits per heavy atom. The largest absolute Gasteiger partial charge is 0.219 e. The molecule has 3 rings (SSSR count). The van der Waals surface area contributed by atoms with Crippen LogP contribution < -0.4 is 0 Å². The molecule has 0 fully saturated rings. The van der Waals surface area contributed by atoms with Gasteiger partial charge in [-0.2, -0.15) is 0 Å². The highest BCUT2D eigenvalue weighted by Crippen LogP contribution is 2.28. The van der Waals surface area contributed by atoms with Gasteiger partial charge in [-0.3, -0.25) is 0 Å². The molecular formula is C20H15BrO2S. The van der Waals surface area contributed by atoms with Crippen molar-refractivity contribution in [1.82, 2.24) is 0 Å². The summed E-state index contributed by atoms with van der Waals surface area (Å²) in [5.41, 5.74) is 2.37. The summed E-state index contributed by atoms with van der Waals surface area (Å²) >= 11 is 3.45. The lowest BCUT2D eigenvalue weighted by Crippen LogP contribution is -1.99. The summed E-state index contributed by atoms with van der Waals surface area (Å²) in [6, 6.07) is 25.6. The normalized spacial score (nSPS) is 12.1. The Balaban J connectivity index is 2.19. The highest BCUT2D eigenvalue weighted by molar-refractivity contribution is 9.10. The molecule has 0 atom stereocenters. The number of benzene rings is 3. The van der Waals surface area contributed by atoms with Crippen LogP contribution in [-0.4, -0.2) is 8.42 Å². The van der Waals surface area contributed by atoms with E-state index in [1.165, 1.54) is 5.41 Å². The summed E-state index contributed by atoms with van der Waals surface area (Å²) in [5, 5.41) is 1.35. The molecule has 0 radical (unpaired) electrons. The van der Waals surface area contributed by atoms with E-state index in [1.54, 1.807) is 30.3 Å². The second-order valence-electron chi connectivity index (χ2n) is 5.27. The van der Waals surface area contributed by atoms with Gasteiger partial charge in [0.25, 0.3) is 0 Å². The smallest absolute Gasteiger partial charge is 0.200 e. The van der Waals surface area contributed by atoms with E-state index in [9.17, 15) is 8.42 Å². The van der Waals surface area contributed by atoms with E-state index in [4.69, 9.17) is 0 Å². The van der Waals surface area contributed by atoms with Crippen molar-refractivity contribution in [2.45, 2.75) is 4.90 Å². The fraction of sp³-hybridized carbons (Fsp3) is 0. The van der Waals surface area contributed by atoms with Gasteiger partial charge in [0.1, 0.15) is 0 Å². The molecule has 0 heterocycles. The van der Waals surface area contributed by atoms with Gasteiger partial charge in [-0.25, -0.2) is 8.42 Å². The van der Waals surface area contributed by atoms with Crippen molar-refractivity contribution in [3.05, 3.63) is 106 Å². The van der Waals surface area contributed by atoms with Crippen molar-refractivity contribution in [3.63, 3.8) is 0 Å². The second kappa shape index (κ2) is 7.16. The van der Waals surface area contributed by atoms with Crippen LogP contribution in [-0.2, 0) is 9.84 Å². The maximum Gasteiger partial charge on any atom is 0.200 e. The van der Waals surface area contributed by atoms with Crippen molar-refractivity contribution < 1.29 is 8.42 Å². The third kappa shape index (κ3) is 3.83. The van der Waals surface area contributed by atoms with Crippen LogP contribution in [0.2, 0.25) is 0 Å². The highest BCUT2D eigenvalue weighted by atomic mass is 79.9. The molecule has 0 aliphatic heterocycles. The quantitative estimate of drug-likeness (QED) is 0.596. The Hall–Kier alpha value is -2.17. The summed E-state index contributed by atoms with van der Waals surface area (Å²) in [6.07, 6.45) is 0. The lowest BCUT2D eigenvalue weighted by molar-refractivity contribution is 0.604. The summed E-state index contributed by atoms with van der Waals surface area (Å²) in [5.74, 6) is 0. The van der Waals surface area contributed by atoms with E-state index < -0.39 is 9.84 Å². The van der Waals surface area contributed by atoms with E-state index in [-0.39, 0.29) is 4.90 Å². The molecule has 0 aliphatic carbocycles. The van der Waals surface area contributed by atoms with Crippen molar-refractivity contribution >= 4 is 31.3 Å². The fourth-order valence-electron chi connectivity index (χ4n) is 2.41. The Morgan fingerprint density at radius 1 is 0.750 bits per heavy atom. The lowest BCUT2D eigenvalue weighted by atomic mass is 10.00. The Kier molecular flexibility index (Phi) is 4.97. The minimum absolute atomic E-state index is 0.286. The molecule has 4 heteroatoms. The SMILES string of the molecule is O=S(=O)(/C=C(\c1ccccc1)c1cccc(Br)c1)c1ccccc1. The predicted octanol–water partition coefficient (Wildman–Crippen LogP) is 5.31. The third-order valence-corrected chi connectivity index (χ3v) is 5.53. The van der Waals surface area contributed by atoms with Crippen LogP contribution in [0.15, 0.2) is 99.7 Å². The first-order valence-electron chi connectivity index (χ1n) is 7.39. The maximum atomic E-state index is 12.8. The van der Waals surface area contributed by atoms with Gasteiger partial charge < -0.3 is 0 Å². The second-order valence-corrected chi connectivity index (χ2v) is 7.98. The van der Waals surface area contributed by atoms with E-state index in [2.05, 4.69) is 15.9 Å². The topological polar surface area (TPSA) is 34.1 Å². The Morgan fingerprint density at radius 2 is 1.33 bits per heavy atom. The number of sulfone groups is 1. The molecule has 0 bridgehead atoms. The molecular weight excluding hydrogens is 384 g/mol. The number of rotatable bonds is 4. The highest BCUT2D eigenvalue weighted by Gasteiger charge is 2.15. The van der Waals surface area contributed by atoms with Crippen LogP contribution in [0.4, 0.5) is 0 Å². The Labute approximate surface area is 150 Å². The number of hydrogen-bond acceptors (Lipinski definition) is 2. The van der Waals surface area contributed by atoms with Crippen LogP contribution in [0.25, 0.3) is 5.57 Å². The summed E-state index contributed by atoms with van der Waals surface area (Å²) in [4.78, 5) is 0.286. The van der Waals surface area contributed by atoms with Crippen LogP contribution in [0.3, 0.4) is 0 Å². The van der Waals surface area contributed by atoms with Crippen molar-refractivity contribution in [3.8, 4) is 0 Å². The van der Waals surface area contributed by atoms with Crippen LogP contribution >= 0.6 is 15.9 Å². The zero-order valence-electron chi connectivity index (χ0n) is 12.8.